The number of ether oxygens (including phenoxy) is 2. The van der Waals surface area contributed by atoms with Crippen LogP contribution in [0.4, 0.5) is 11.4 Å². The van der Waals surface area contributed by atoms with Crippen LogP contribution in [0, 0.1) is 0 Å². The molecule has 36 heavy (non-hydrogen) atoms. The number of nitrogens with zero attached hydrogens (tertiary/aromatic N) is 1. The number of nitrogens with one attached hydrogen (secondary N) is 1. The topological polar surface area (TPSA) is 50.8 Å². The average Bonchev–Trinajstić information content (AvgIpc) is 3.17. The zero-order chi connectivity index (χ0) is 25.3. The van der Waals surface area contributed by atoms with Gasteiger partial charge < -0.3 is 19.7 Å². The molecule has 5 heteroatoms. The average molecular weight is 479 g/mol. The van der Waals surface area contributed by atoms with Gasteiger partial charge in [0.2, 0.25) is 5.72 Å². The normalized spacial score (nSPS) is 16.4. The lowest BCUT2D eigenvalue weighted by Crippen LogP contribution is -2.37. The maximum Gasteiger partial charge on any atom is 0.341 e. The third kappa shape index (κ3) is 4.29. The Kier molecular flexibility index (Phi) is 6.15. The molecular weight excluding hydrogens is 448 g/mol. The van der Waals surface area contributed by atoms with Gasteiger partial charge in [-0.05, 0) is 55.8 Å². The molecule has 4 aromatic rings. The van der Waals surface area contributed by atoms with Crippen LogP contribution >= 0.6 is 0 Å². The van der Waals surface area contributed by atoms with Crippen molar-refractivity contribution in [3.63, 3.8) is 0 Å². The molecule has 0 saturated heterocycles. The fourth-order valence-electron chi connectivity index (χ4n) is 4.61. The van der Waals surface area contributed by atoms with Crippen LogP contribution in [-0.2, 0) is 10.5 Å². The van der Waals surface area contributed by atoms with Gasteiger partial charge in [0, 0.05) is 42.2 Å². The first kappa shape index (κ1) is 23.5. The standard InChI is InChI=1S/C31H30N2O3/c1-21(2)35-25-19-13-22(14-20-25)26-9-6-8-12-29(26)32-31(23-15-17-24(18-16-23)33(3)4)28-11-7-5-10-27(28)30(34)36-31/h5-21,32H,1-4H3. The van der Waals surface area contributed by atoms with Gasteiger partial charge in [0.1, 0.15) is 5.75 Å². The number of fused-ring (bicyclic) bond motifs is 1. The zero-order valence-corrected chi connectivity index (χ0v) is 21.0. The molecule has 4 aromatic carbocycles. The third-order valence-electron chi connectivity index (χ3n) is 6.34. The molecule has 0 saturated carbocycles. The molecule has 0 aliphatic carbocycles. The first-order valence-corrected chi connectivity index (χ1v) is 12.1. The predicted molar refractivity (Wildman–Crippen MR) is 145 cm³/mol. The fraction of sp³-hybridized carbons (Fsp3) is 0.194. The summed E-state index contributed by atoms with van der Waals surface area (Å²) in [6.07, 6.45) is 0.112. The Hall–Kier alpha value is -4.25. The summed E-state index contributed by atoms with van der Waals surface area (Å²) in [5.74, 6) is 0.484. The van der Waals surface area contributed by atoms with Crippen LogP contribution < -0.4 is 15.0 Å². The van der Waals surface area contributed by atoms with E-state index < -0.39 is 5.72 Å². The number of rotatable bonds is 7. The number of esters is 1. The van der Waals surface area contributed by atoms with E-state index in [1.165, 1.54) is 0 Å². The predicted octanol–water partition coefficient (Wildman–Crippen LogP) is 6.69. The highest BCUT2D eigenvalue weighted by atomic mass is 16.6. The number of cyclic esters (lactones) is 1. The second-order valence-electron chi connectivity index (χ2n) is 9.42. The van der Waals surface area contributed by atoms with Crippen molar-refractivity contribution < 1.29 is 14.3 Å². The van der Waals surface area contributed by atoms with E-state index in [9.17, 15) is 4.79 Å². The SMILES string of the molecule is CC(C)Oc1ccc(-c2ccccc2NC2(c3ccc(N(C)C)cc3)OC(=O)c3ccccc32)cc1. The summed E-state index contributed by atoms with van der Waals surface area (Å²) in [4.78, 5) is 15.1. The van der Waals surface area contributed by atoms with E-state index in [1.807, 2.05) is 124 Å². The highest BCUT2D eigenvalue weighted by Crippen LogP contribution is 2.44. The summed E-state index contributed by atoms with van der Waals surface area (Å²) in [6, 6.07) is 31.8. The summed E-state index contributed by atoms with van der Waals surface area (Å²) in [6.45, 7) is 4.02. The molecule has 1 aliphatic rings. The largest absolute Gasteiger partial charge is 0.491 e. The quantitative estimate of drug-likeness (QED) is 0.300. The lowest BCUT2D eigenvalue weighted by Gasteiger charge is -2.32. The van der Waals surface area contributed by atoms with Crippen LogP contribution in [0.3, 0.4) is 0 Å². The molecule has 0 spiro atoms. The van der Waals surface area contributed by atoms with Crippen LogP contribution in [0.1, 0.15) is 35.3 Å². The van der Waals surface area contributed by atoms with Crippen molar-refractivity contribution in [3.05, 3.63) is 114 Å². The van der Waals surface area contributed by atoms with Gasteiger partial charge in [-0.3, -0.25) is 0 Å². The van der Waals surface area contributed by atoms with Gasteiger partial charge in [-0.2, -0.15) is 0 Å². The molecule has 1 atom stereocenters. The van der Waals surface area contributed by atoms with Gasteiger partial charge in [-0.25, -0.2) is 4.79 Å². The summed E-state index contributed by atoms with van der Waals surface area (Å²) in [5.41, 5.74) is 5.00. The van der Waals surface area contributed by atoms with Crippen molar-refractivity contribution in [1.82, 2.24) is 0 Å². The maximum absolute atomic E-state index is 13.0. The summed E-state index contributed by atoms with van der Waals surface area (Å²) >= 11 is 0. The Labute approximate surface area is 212 Å². The fourth-order valence-corrected chi connectivity index (χ4v) is 4.61. The highest BCUT2D eigenvalue weighted by Gasteiger charge is 2.47. The van der Waals surface area contributed by atoms with E-state index >= 15 is 0 Å². The van der Waals surface area contributed by atoms with Crippen molar-refractivity contribution >= 4 is 17.3 Å². The molecule has 0 fully saturated rings. The summed E-state index contributed by atoms with van der Waals surface area (Å²) < 4.78 is 12.0. The molecule has 1 heterocycles. The number of para-hydroxylation sites is 1. The summed E-state index contributed by atoms with van der Waals surface area (Å²) in [5, 5.41) is 3.63. The lowest BCUT2D eigenvalue weighted by molar-refractivity contribution is 0.0213. The minimum atomic E-state index is -1.16. The monoisotopic (exact) mass is 478 g/mol. The molecular formula is C31H30N2O3. The number of benzene rings is 4. The van der Waals surface area contributed by atoms with Gasteiger partial charge >= 0.3 is 5.97 Å². The van der Waals surface area contributed by atoms with Crippen LogP contribution in [0.15, 0.2) is 97.1 Å². The number of anilines is 2. The Morgan fingerprint density at radius 1 is 0.806 bits per heavy atom. The third-order valence-corrected chi connectivity index (χ3v) is 6.34. The van der Waals surface area contributed by atoms with Gasteiger partial charge in [0.05, 0.1) is 11.7 Å². The Balaban J connectivity index is 1.60. The van der Waals surface area contributed by atoms with Crippen molar-refractivity contribution in [2.45, 2.75) is 25.7 Å². The first-order chi connectivity index (χ1) is 17.4. The van der Waals surface area contributed by atoms with E-state index in [2.05, 4.69) is 11.4 Å². The Morgan fingerprint density at radius 2 is 1.44 bits per heavy atom. The molecule has 1 aliphatic heterocycles. The van der Waals surface area contributed by atoms with Crippen LogP contribution in [-0.4, -0.2) is 26.2 Å². The van der Waals surface area contributed by atoms with E-state index in [0.717, 1.165) is 39.4 Å². The zero-order valence-electron chi connectivity index (χ0n) is 21.0. The number of carbonyl (C=O) groups is 1. The smallest absolute Gasteiger partial charge is 0.341 e. The molecule has 0 radical (unpaired) electrons. The van der Waals surface area contributed by atoms with Crippen molar-refractivity contribution in [1.29, 1.82) is 0 Å². The number of hydrogen-bond donors (Lipinski definition) is 1. The molecule has 1 N–H and O–H groups in total. The molecule has 0 aromatic heterocycles. The lowest BCUT2D eigenvalue weighted by atomic mass is 9.91. The van der Waals surface area contributed by atoms with Crippen molar-refractivity contribution in [2.75, 3.05) is 24.3 Å². The Bertz CT molecular complexity index is 1380. The first-order valence-electron chi connectivity index (χ1n) is 12.1. The van der Waals surface area contributed by atoms with Crippen molar-refractivity contribution in [2.24, 2.45) is 0 Å². The van der Waals surface area contributed by atoms with E-state index in [0.29, 0.717) is 5.56 Å². The second-order valence-corrected chi connectivity index (χ2v) is 9.42. The molecule has 1 unspecified atom stereocenters. The summed E-state index contributed by atoms with van der Waals surface area (Å²) in [7, 11) is 4.00. The molecule has 182 valence electrons. The van der Waals surface area contributed by atoms with Gasteiger partial charge in [-0.1, -0.05) is 60.7 Å². The molecule has 0 amide bonds. The number of hydrogen-bond acceptors (Lipinski definition) is 5. The van der Waals surface area contributed by atoms with Gasteiger partial charge in [0.15, 0.2) is 0 Å². The molecule has 5 rings (SSSR count). The minimum Gasteiger partial charge on any atom is -0.491 e. The highest BCUT2D eigenvalue weighted by molar-refractivity contribution is 5.96. The van der Waals surface area contributed by atoms with Crippen molar-refractivity contribution in [3.8, 4) is 16.9 Å². The van der Waals surface area contributed by atoms with E-state index in [-0.39, 0.29) is 12.1 Å². The van der Waals surface area contributed by atoms with Gasteiger partial charge in [0.25, 0.3) is 0 Å². The van der Waals surface area contributed by atoms with Crippen LogP contribution in [0.5, 0.6) is 5.75 Å². The molecule has 0 bridgehead atoms. The van der Waals surface area contributed by atoms with E-state index in [1.54, 1.807) is 0 Å². The van der Waals surface area contributed by atoms with Gasteiger partial charge in [-0.15, -0.1) is 0 Å². The Morgan fingerprint density at radius 3 is 2.11 bits per heavy atom. The number of carbonyl (C=O) groups excluding carboxylic acids is 1. The van der Waals surface area contributed by atoms with Crippen LogP contribution in [0.2, 0.25) is 0 Å². The molecule has 5 nitrogen and oxygen atoms in total. The minimum absolute atomic E-state index is 0.112. The maximum atomic E-state index is 13.0. The van der Waals surface area contributed by atoms with Crippen LogP contribution in [0.25, 0.3) is 11.1 Å². The second kappa shape index (κ2) is 9.42. The van der Waals surface area contributed by atoms with E-state index in [4.69, 9.17) is 9.47 Å².